The van der Waals surface area contributed by atoms with Gasteiger partial charge in [-0.25, -0.2) is 0 Å². The first-order valence-corrected chi connectivity index (χ1v) is 4.39. The largest absolute Gasteiger partial charge is 1.00 e. The van der Waals surface area contributed by atoms with Crippen LogP contribution in [0.25, 0.3) is 0 Å². The minimum atomic E-state index is -3.15. The van der Waals surface area contributed by atoms with Crippen molar-refractivity contribution >= 4 is 16.5 Å². The summed E-state index contributed by atoms with van der Waals surface area (Å²) in [5.41, 5.74) is 0. The van der Waals surface area contributed by atoms with Crippen LogP contribution in [0.15, 0.2) is 0 Å². The van der Waals surface area contributed by atoms with Gasteiger partial charge in [0.2, 0.25) is 0 Å². The van der Waals surface area contributed by atoms with Crippen LogP contribution < -0.4 is 34.5 Å². The van der Waals surface area contributed by atoms with Gasteiger partial charge in [0.1, 0.15) is 10.9 Å². The molecule has 1 N–H and O–H groups in total. The van der Waals surface area contributed by atoms with Crippen LogP contribution in [0.5, 0.6) is 0 Å². The van der Waals surface area contributed by atoms with Gasteiger partial charge >= 0.3 is 46.1 Å². The van der Waals surface area contributed by atoms with E-state index in [2.05, 4.69) is 8.83 Å². The minimum Gasteiger partial charge on any atom is -0.563 e. The quantitative estimate of drug-likeness (QED) is 0.377. The molecule has 0 amide bonds. The van der Waals surface area contributed by atoms with Crippen LogP contribution in [0.4, 0.5) is 0 Å². The molecular formula is C2H5NaO6P2+2. The van der Waals surface area contributed by atoms with Crippen molar-refractivity contribution in [3.63, 3.8) is 0 Å². The van der Waals surface area contributed by atoms with Crippen molar-refractivity contribution in [3.8, 4) is 0 Å². The van der Waals surface area contributed by atoms with Crippen molar-refractivity contribution < 1.29 is 57.5 Å². The zero-order chi connectivity index (χ0) is 7.98. The van der Waals surface area contributed by atoms with Gasteiger partial charge in [0.05, 0.1) is 6.61 Å². The fourth-order valence-electron chi connectivity index (χ4n) is 0.193. The third-order valence-electron chi connectivity index (χ3n) is 0.421. The first-order valence-electron chi connectivity index (χ1n) is 2.20. The van der Waals surface area contributed by atoms with E-state index in [9.17, 15) is 14.0 Å². The van der Waals surface area contributed by atoms with Crippen molar-refractivity contribution in [1.82, 2.24) is 0 Å². The summed E-state index contributed by atoms with van der Waals surface area (Å²) in [4.78, 5) is 9.66. The fraction of sp³-hybridized carbons (Fsp3) is 1.00. The molecule has 0 fully saturated rings. The molecule has 0 aliphatic rings. The third kappa shape index (κ3) is 11.0. The van der Waals surface area contributed by atoms with E-state index in [4.69, 9.17) is 5.11 Å². The molecule has 0 saturated carbocycles. The van der Waals surface area contributed by atoms with Crippen LogP contribution in [0.2, 0.25) is 0 Å². The van der Waals surface area contributed by atoms with Crippen LogP contribution in [-0.2, 0) is 18.0 Å². The zero-order valence-electron chi connectivity index (χ0n) is 5.80. The molecule has 0 radical (unpaired) electrons. The predicted molar refractivity (Wildman–Crippen MR) is 29.3 cm³/mol. The zero-order valence-corrected chi connectivity index (χ0v) is 9.59. The molecule has 2 atom stereocenters. The summed E-state index contributed by atoms with van der Waals surface area (Å²) in [5, 5.41) is 8.09. The van der Waals surface area contributed by atoms with Crippen molar-refractivity contribution in [2.75, 3.05) is 13.2 Å². The van der Waals surface area contributed by atoms with Gasteiger partial charge in [-0.2, -0.15) is 0 Å². The Bertz CT molecular complexity index is 139. The Morgan fingerprint density at radius 3 is 2.36 bits per heavy atom. The summed E-state index contributed by atoms with van der Waals surface area (Å²) in [6.45, 7) is -0.543. The van der Waals surface area contributed by atoms with Gasteiger partial charge in [0.15, 0.2) is 0 Å². The molecule has 0 rings (SSSR count). The van der Waals surface area contributed by atoms with Gasteiger partial charge in [-0.05, 0) is 4.57 Å². The molecule has 9 heteroatoms. The molecule has 0 heterocycles. The van der Waals surface area contributed by atoms with Crippen molar-refractivity contribution in [2.45, 2.75) is 0 Å². The third-order valence-corrected chi connectivity index (χ3v) is 1.88. The first-order chi connectivity index (χ1) is 4.66. The maximum absolute atomic E-state index is 10.2. The molecule has 2 unspecified atom stereocenters. The number of hydrogen-bond donors (Lipinski definition) is 1. The summed E-state index contributed by atoms with van der Waals surface area (Å²) in [6.07, 6.45) is 0. The Balaban J connectivity index is 0. The molecule has 0 aliphatic carbocycles. The summed E-state index contributed by atoms with van der Waals surface area (Å²) >= 11 is 0. The Morgan fingerprint density at radius 2 is 2.00 bits per heavy atom. The topological polar surface area (TPSA) is 95.9 Å². The average molecular weight is 210 g/mol. The smallest absolute Gasteiger partial charge is 0.563 e. The second-order valence-corrected chi connectivity index (χ2v) is 2.89. The van der Waals surface area contributed by atoms with Crippen molar-refractivity contribution in [2.24, 2.45) is 0 Å². The van der Waals surface area contributed by atoms with Crippen molar-refractivity contribution in [1.29, 1.82) is 0 Å². The molecule has 6 nitrogen and oxygen atoms in total. The molecular weight excluding hydrogens is 205 g/mol. The SMILES string of the molecule is O=[P+]([O-])O[P+](=O)OCCO.[Na+]. The van der Waals surface area contributed by atoms with Gasteiger partial charge in [-0.1, -0.05) is 0 Å². The Morgan fingerprint density at radius 1 is 1.45 bits per heavy atom. The van der Waals surface area contributed by atoms with E-state index < -0.39 is 16.5 Å². The van der Waals surface area contributed by atoms with E-state index in [0.29, 0.717) is 0 Å². The summed E-state index contributed by atoms with van der Waals surface area (Å²) in [5.74, 6) is 0. The number of aliphatic hydroxyl groups is 1. The average Bonchev–Trinajstić information content (AvgIpc) is 1.82. The van der Waals surface area contributed by atoms with Crippen molar-refractivity contribution in [3.05, 3.63) is 0 Å². The van der Waals surface area contributed by atoms with Gasteiger partial charge in [-0.15, -0.1) is 4.52 Å². The number of rotatable bonds is 5. The number of hydrogen-bond acceptors (Lipinski definition) is 6. The minimum absolute atomic E-state index is 0. The van der Waals surface area contributed by atoms with Gasteiger partial charge in [0.25, 0.3) is 0 Å². The van der Waals surface area contributed by atoms with Gasteiger partial charge < -0.3 is 10.00 Å². The van der Waals surface area contributed by atoms with Crippen LogP contribution >= 0.6 is 16.5 Å². The van der Waals surface area contributed by atoms with Crippen LogP contribution in [0.1, 0.15) is 0 Å². The van der Waals surface area contributed by atoms with E-state index in [1.807, 2.05) is 0 Å². The van der Waals surface area contributed by atoms with E-state index in [1.165, 1.54) is 0 Å². The molecule has 0 saturated heterocycles. The maximum Gasteiger partial charge on any atom is 1.00 e. The predicted octanol–water partition coefficient (Wildman–Crippen LogP) is -3.31. The molecule has 58 valence electrons. The Hall–Kier alpha value is 1.04. The Kier molecular flexibility index (Phi) is 12.1. The molecule has 0 aliphatic heterocycles. The van der Waals surface area contributed by atoms with Gasteiger partial charge in [-0.3, -0.25) is 0 Å². The molecule has 0 aromatic heterocycles. The fourth-order valence-corrected chi connectivity index (χ4v) is 1.05. The van der Waals surface area contributed by atoms with E-state index in [1.54, 1.807) is 0 Å². The molecule has 0 aromatic carbocycles. The molecule has 0 aromatic rings. The second-order valence-electron chi connectivity index (χ2n) is 1.09. The molecule has 0 bridgehead atoms. The standard InChI is InChI=1S/C2H5O6P2.Na/c3-1-2-7-10(6)8-9(4)5;/h3H,1-2H2;/q2*+1. The molecule has 11 heavy (non-hydrogen) atoms. The maximum atomic E-state index is 10.2. The second kappa shape index (κ2) is 9.13. The first kappa shape index (κ1) is 14.6. The summed E-state index contributed by atoms with van der Waals surface area (Å²) in [7, 11) is -5.78. The normalized spacial score (nSPS) is 11.8. The van der Waals surface area contributed by atoms with Crippen LogP contribution in [0, 0.1) is 0 Å². The summed E-state index contributed by atoms with van der Waals surface area (Å²) in [6, 6.07) is 0. The van der Waals surface area contributed by atoms with Crippen LogP contribution in [-0.4, -0.2) is 18.3 Å². The van der Waals surface area contributed by atoms with Gasteiger partial charge in [0, 0.05) is 4.57 Å². The van der Waals surface area contributed by atoms with E-state index in [-0.39, 0.29) is 42.8 Å². The van der Waals surface area contributed by atoms with E-state index in [0.717, 1.165) is 0 Å². The van der Waals surface area contributed by atoms with Crippen LogP contribution in [0.3, 0.4) is 0 Å². The monoisotopic (exact) mass is 210 g/mol. The number of aliphatic hydroxyl groups excluding tert-OH is 1. The summed E-state index contributed by atoms with van der Waals surface area (Å²) < 4.78 is 27.7. The van der Waals surface area contributed by atoms with E-state index >= 15 is 0 Å². The molecule has 0 spiro atoms. The Labute approximate surface area is 87.1 Å².